The molecule has 0 amide bonds. The Morgan fingerprint density at radius 3 is 2.10 bits per heavy atom. The maximum absolute atomic E-state index is 4.90. The quantitative estimate of drug-likeness (QED) is 0.368. The lowest BCUT2D eigenvalue weighted by atomic mass is 9.96. The molecule has 0 aliphatic carbocycles. The molecule has 1 heterocycles. The van der Waals surface area contributed by atoms with Gasteiger partial charge in [0, 0.05) is 23.4 Å². The molecule has 3 nitrogen and oxygen atoms in total. The summed E-state index contributed by atoms with van der Waals surface area (Å²) < 4.78 is 0. The van der Waals surface area contributed by atoms with Crippen LogP contribution in [0.1, 0.15) is 42.1 Å². The molecule has 4 rings (SSSR count). The summed E-state index contributed by atoms with van der Waals surface area (Å²) in [4.78, 5) is 9.70. The lowest BCUT2D eigenvalue weighted by Crippen LogP contribution is -2.08. The first-order chi connectivity index (χ1) is 15.0. The Hall–Kier alpha value is -3.46. The summed E-state index contributed by atoms with van der Waals surface area (Å²) in [6.45, 7) is 9.26. The molecule has 31 heavy (non-hydrogen) atoms. The first-order valence-corrected chi connectivity index (χ1v) is 10.9. The number of nitrogens with zero attached hydrogens (tertiary/aromatic N) is 2. The summed E-state index contributed by atoms with van der Waals surface area (Å²) in [6.07, 6.45) is 0. The molecule has 0 unspecified atom stereocenters. The summed E-state index contributed by atoms with van der Waals surface area (Å²) in [6, 6.07) is 27.6. The maximum atomic E-state index is 4.90. The van der Waals surface area contributed by atoms with E-state index < -0.39 is 0 Å². The number of nitrogens with one attached hydrogen (secondary N) is 1. The first-order valence-electron chi connectivity index (χ1n) is 10.9. The minimum atomic E-state index is 0.418. The van der Waals surface area contributed by atoms with Crippen molar-refractivity contribution in [2.75, 3.05) is 5.32 Å². The van der Waals surface area contributed by atoms with E-state index in [0.29, 0.717) is 5.92 Å². The Kier molecular flexibility index (Phi) is 6.13. The van der Waals surface area contributed by atoms with Crippen LogP contribution in [0.4, 0.5) is 5.82 Å². The third-order valence-corrected chi connectivity index (χ3v) is 5.73. The van der Waals surface area contributed by atoms with Gasteiger partial charge in [-0.15, -0.1) is 0 Å². The van der Waals surface area contributed by atoms with Crippen molar-refractivity contribution in [3.8, 4) is 22.5 Å². The lowest BCUT2D eigenvalue weighted by molar-refractivity contribution is 0.865. The number of rotatable bonds is 6. The Bertz CT molecular complexity index is 1160. The predicted octanol–water partition coefficient (Wildman–Crippen LogP) is 7.16. The van der Waals surface area contributed by atoms with Crippen LogP contribution in [0, 0.1) is 13.8 Å². The molecular formula is C28H29N3. The second-order valence-electron chi connectivity index (χ2n) is 8.26. The zero-order valence-electron chi connectivity index (χ0n) is 18.7. The highest BCUT2D eigenvalue weighted by Gasteiger charge is 2.14. The van der Waals surface area contributed by atoms with Crippen LogP contribution in [0.2, 0.25) is 0 Å². The Labute approximate surface area is 185 Å². The number of aromatic nitrogens is 2. The Balaban J connectivity index is 1.57. The molecule has 4 aromatic rings. The second kappa shape index (κ2) is 9.13. The molecule has 0 spiro atoms. The molecule has 0 bridgehead atoms. The van der Waals surface area contributed by atoms with E-state index in [1.807, 2.05) is 6.07 Å². The molecule has 0 aliphatic heterocycles. The molecule has 0 atom stereocenters. The first kappa shape index (κ1) is 20.8. The highest BCUT2D eigenvalue weighted by atomic mass is 15.0. The largest absolute Gasteiger partial charge is 0.366 e. The fourth-order valence-corrected chi connectivity index (χ4v) is 3.76. The van der Waals surface area contributed by atoms with Crippen LogP contribution in [0.3, 0.4) is 0 Å². The Morgan fingerprint density at radius 1 is 0.742 bits per heavy atom. The van der Waals surface area contributed by atoms with Gasteiger partial charge in [0.15, 0.2) is 5.82 Å². The van der Waals surface area contributed by atoms with Crippen molar-refractivity contribution in [1.82, 2.24) is 9.97 Å². The van der Waals surface area contributed by atoms with Gasteiger partial charge in [-0.2, -0.15) is 0 Å². The Morgan fingerprint density at radius 2 is 1.39 bits per heavy atom. The van der Waals surface area contributed by atoms with E-state index in [9.17, 15) is 0 Å². The minimum Gasteiger partial charge on any atom is -0.366 e. The van der Waals surface area contributed by atoms with Crippen LogP contribution < -0.4 is 5.32 Å². The maximum Gasteiger partial charge on any atom is 0.162 e. The van der Waals surface area contributed by atoms with Crippen LogP contribution in [0.25, 0.3) is 22.5 Å². The molecule has 0 radical (unpaired) electrons. The second-order valence-corrected chi connectivity index (χ2v) is 8.26. The molecule has 0 saturated heterocycles. The van der Waals surface area contributed by atoms with E-state index >= 15 is 0 Å². The van der Waals surface area contributed by atoms with Crippen molar-refractivity contribution in [3.05, 3.63) is 101 Å². The van der Waals surface area contributed by atoms with Crippen LogP contribution >= 0.6 is 0 Å². The van der Waals surface area contributed by atoms with E-state index in [1.165, 1.54) is 22.3 Å². The molecule has 1 N–H and O–H groups in total. The third-order valence-electron chi connectivity index (χ3n) is 5.73. The number of hydrogen-bond acceptors (Lipinski definition) is 3. The van der Waals surface area contributed by atoms with Gasteiger partial charge in [-0.3, -0.25) is 0 Å². The molecule has 0 aliphatic rings. The zero-order valence-corrected chi connectivity index (χ0v) is 18.7. The molecule has 1 aromatic heterocycles. The summed E-state index contributed by atoms with van der Waals surface area (Å²) in [5.41, 5.74) is 8.16. The average molecular weight is 408 g/mol. The normalized spacial score (nSPS) is 11.0. The van der Waals surface area contributed by atoms with Gasteiger partial charge in [-0.25, -0.2) is 9.97 Å². The summed E-state index contributed by atoms with van der Waals surface area (Å²) in [5.74, 6) is 2.10. The van der Waals surface area contributed by atoms with E-state index in [4.69, 9.17) is 9.97 Å². The molecule has 156 valence electrons. The lowest BCUT2D eigenvalue weighted by Gasteiger charge is -2.16. The van der Waals surface area contributed by atoms with Gasteiger partial charge < -0.3 is 5.32 Å². The van der Waals surface area contributed by atoms with Crippen molar-refractivity contribution in [2.45, 2.75) is 40.2 Å². The third kappa shape index (κ3) is 4.66. The van der Waals surface area contributed by atoms with Crippen molar-refractivity contribution < 1.29 is 0 Å². The SMILES string of the molecule is Cc1nc(-c2ccccc2C(C)C)nc(NCc2ccc(-c3ccccc3)cc2)c1C. The molecule has 0 fully saturated rings. The van der Waals surface area contributed by atoms with Gasteiger partial charge in [0.05, 0.1) is 0 Å². The molecule has 3 aromatic carbocycles. The molecule has 3 heteroatoms. The number of benzene rings is 3. The van der Waals surface area contributed by atoms with Gasteiger partial charge in [-0.1, -0.05) is 92.7 Å². The van der Waals surface area contributed by atoms with Crippen LogP contribution in [-0.4, -0.2) is 9.97 Å². The summed E-state index contributed by atoms with van der Waals surface area (Å²) in [5, 5.41) is 3.54. The van der Waals surface area contributed by atoms with Gasteiger partial charge in [0.25, 0.3) is 0 Å². The number of hydrogen-bond donors (Lipinski definition) is 1. The van der Waals surface area contributed by atoms with E-state index in [1.54, 1.807) is 0 Å². The highest BCUT2D eigenvalue weighted by molar-refractivity contribution is 5.65. The van der Waals surface area contributed by atoms with Crippen molar-refractivity contribution in [1.29, 1.82) is 0 Å². The predicted molar refractivity (Wildman–Crippen MR) is 130 cm³/mol. The fourth-order valence-electron chi connectivity index (χ4n) is 3.76. The van der Waals surface area contributed by atoms with Crippen LogP contribution in [-0.2, 0) is 6.54 Å². The van der Waals surface area contributed by atoms with E-state index in [2.05, 4.69) is 106 Å². The highest BCUT2D eigenvalue weighted by Crippen LogP contribution is 2.29. The van der Waals surface area contributed by atoms with Gasteiger partial charge in [-0.05, 0) is 42.0 Å². The molecule has 0 saturated carbocycles. The monoisotopic (exact) mass is 407 g/mol. The van der Waals surface area contributed by atoms with E-state index in [0.717, 1.165) is 35.0 Å². The topological polar surface area (TPSA) is 37.8 Å². The van der Waals surface area contributed by atoms with Gasteiger partial charge in [0.2, 0.25) is 0 Å². The van der Waals surface area contributed by atoms with Gasteiger partial charge >= 0.3 is 0 Å². The fraction of sp³-hybridized carbons (Fsp3) is 0.214. The van der Waals surface area contributed by atoms with Crippen molar-refractivity contribution >= 4 is 5.82 Å². The van der Waals surface area contributed by atoms with Crippen LogP contribution in [0.5, 0.6) is 0 Å². The smallest absolute Gasteiger partial charge is 0.162 e. The van der Waals surface area contributed by atoms with E-state index in [-0.39, 0.29) is 0 Å². The van der Waals surface area contributed by atoms with Crippen molar-refractivity contribution in [3.63, 3.8) is 0 Å². The average Bonchev–Trinajstić information content (AvgIpc) is 2.81. The molecular weight excluding hydrogens is 378 g/mol. The zero-order chi connectivity index (χ0) is 21.8. The van der Waals surface area contributed by atoms with Crippen molar-refractivity contribution in [2.24, 2.45) is 0 Å². The summed E-state index contributed by atoms with van der Waals surface area (Å²) >= 11 is 0. The standard InChI is InChI=1S/C28H29N3/c1-19(2)25-12-8-9-13-26(25)28-30-21(4)20(3)27(31-28)29-18-22-14-16-24(17-15-22)23-10-6-5-7-11-23/h5-17,19H,18H2,1-4H3,(H,29,30,31). The van der Waals surface area contributed by atoms with Gasteiger partial charge in [0.1, 0.15) is 5.82 Å². The number of anilines is 1. The summed E-state index contributed by atoms with van der Waals surface area (Å²) in [7, 11) is 0. The minimum absolute atomic E-state index is 0.418. The van der Waals surface area contributed by atoms with Crippen LogP contribution in [0.15, 0.2) is 78.9 Å². The number of aryl methyl sites for hydroxylation is 1.